The minimum absolute atomic E-state index is 0. The van der Waals surface area contributed by atoms with Gasteiger partial charge in [0.25, 0.3) is 5.91 Å². The molecule has 0 heterocycles. The van der Waals surface area contributed by atoms with E-state index >= 15 is 0 Å². The normalized spacial score (nSPS) is 11.4. The molecule has 0 bridgehead atoms. The summed E-state index contributed by atoms with van der Waals surface area (Å²) in [5.41, 5.74) is 5.81. The number of carbonyl (C=O) groups excluding carboxylic acids is 1. The number of hydrogen-bond acceptors (Lipinski definition) is 3. The van der Waals surface area contributed by atoms with Crippen LogP contribution in [0, 0.1) is 5.82 Å². The summed E-state index contributed by atoms with van der Waals surface area (Å²) in [6.45, 7) is 2.44. The van der Waals surface area contributed by atoms with Crippen molar-refractivity contribution in [2.45, 2.75) is 32.2 Å². The van der Waals surface area contributed by atoms with E-state index in [1.54, 1.807) is 0 Å². The van der Waals surface area contributed by atoms with Crippen LogP contribution in [-0.4, -0.2) is 25.6 Å². The van der Waals surface area contributed by atoms with Crippen LogP contribution in [0.15, 0.2) is 18.2 Å². The lowest BCUT2D eigenvalue weighted by Gasteiger charge is -2.17. The third kappa shape index (κ3) is 5.35. The minimum Gasteiger partial charge on any atom is -0.496 e. The standard InChI is InChI=1S/C14H21FN2O2.ClH/c1-3-4-5-11(9-16)17-14(18)12-8-10(15)6-7-13(12)19-2;/h6-8,11H,3-5,9,16H2,1-2H3,(H,17,18);1H. The van der Waals surface area contributed by atoms with Crippen molar-refractivity contribution in [3.8, 4) is 5.75 Å². The van der Waals surface area contributed by atoms with Crippen LogP contribution in [0.4, 0.5) is 4.39 Å². The van der Waals surface area contributed by atoms with E-state index in [4.69, 9.17) is 10.5 Å². The topological polar surface area (TPSA) is 64.3 Å². The highest BCUT2D eigenvalue weighted by Gasteiger charge is 2.16. The second-order valence-corrected chi connectivity index (χ2v) is 4.39. The highest BCUT2D eigenvalue weighted by atomic mass is 35.5. The Balaban J connectivity index is 0.00000361. The molecule has 0 saturated carbocycles. The Morgan fingerprint density at radius 3 is 2.75 bits per heavy atom. The third-order valence-corrected chi connectivity index (χ3v) is 2.93. The molecule has 0 radical (unpaired) electrons. The number of methoxy groups -OCH3 is 1. The lowest BCUT2D eigenvalue weighted by atomic mass is 10.1. The molecule has 6 heteroatoms. The van der Waals surface area contributed by atoms with Crippen molar-refractivity contribution >= 4 is 18.3 Å². The Bertz CT molecular complexity index is 430. The second kappa shape index (κ2) is 9.55. The van der Waals surface area contributed by atoms with Crippen LogP contribution in [0.2, 0.25) is 0 Å². The van der Waals surface area contributed by atoms with Crippen molar-refractivity contribution in [1.82, 2.24) is 5.32 Å². The van der Waals surface area contributed by atoms with Crippen LogP contribution in [-0.2, 0) is 0 Å². The lowest BCUT2D eigenvalue weighted by Crippen LogP contribution is -2.40. The fourth-order valence-corrected chi connectivity index (χ4v) is 1.82. The molecule has 0 aliphatic heterocycles. The zero-order valence-electron chi connectivity index (χ0n) is 11.8. The Hall–Kier alpha value is -1.33. The molecular weight excluding hydrogens is 283 g/mol. The molecule has 0 aliphatic carbocycles. The van der Waals surface area contributed by atoms with Crippen molar-refractivity contribution in [2.24, 2.45) is 5.73 Å². The fourth-order valence-electron chi connectivity index (χ4n) is 1.82. The van der Waals surface area contributed by atoms with Crippen LogP contribution in [0.5, 0.6) is 5.75 Å². The number of benzene rings is 1. The average molecular weight is 305 g/mol. The van der Waals surface area contributed by atoms with Gasteiger partial charge in [-0.3, -0.25) is 4.79 Å². The summed E-state index contributed by atoms with van der Waals surface area (Å²) in [6.07, 6.45) is 2.84. The summed E-state index contributed by atoms with van der Waals surface area (Å²) in [4.78, 5) is 12.1. The van der Waals surface area contributed by atoms with Gasteiger partial charge in [0.2, 0.25) is 0 Å². The molecule has 0 saturated heterocycles. The zero-order valence-corrected chi connectivity index (χ0v) is 12.6. The molecule has 1 aromatic carbocycles. The number of nitrogens with two attached hydrogens (primary N) is 1. The first-order valence-corrected chi connectivity index (χ1v) is 6.46. The molecular formula is C14H22ClFN2O2. The molecule has 1 unspecified atom stereocenters. The minimum atomic E-state index is -0.469. The highest BCUT2D eigenvalue weighted by Crippen LogP contribution is 2.19. The van der Waals surface area contributed by atoms with Gasteiger partial charge in [-0.15, -0.1) is 12.4 Å². The predicted octanol–water partition coefficient (Wildman–Crippen LogP) is 2.50. The van der Waals surface area contributed by atoms with Gasteiger partial charge in [-0.1, -0.05) is 19.8 Å². The van der Waals surface area contributed by atoms with E-state index in [2.05, 4.69) is 12.2 Å². The number of amides is 1. The monoisotopic (exact) mass is 304 g/mol. The van der Waals surface area contributed by atoms with Crippen LogP contribution >= 0.6 is 12.4 Å². The van der Waals surface area contributed by atoms with E-state index in [0.29, 0.717) is 12.3 Å². The number of ether oxygens (including phenoxy) is 1. The summed E-state index contributed by atoms with van der Waals surface area (Å²) in [6, 6.07) is 3.77. The van der Waals surface area contributed by atoms with Gasteiger partial charge in [0.05, 0.1) is 12.7 Å². The van der Waals surface area contributed by atoms with Gasteiger partial charge in [-0.2, -0.15) is 0 Å². The van der Waals surface area contributed by atoms with Gasteiger partial charge in [0.1, 0.15) is 11.6 Å². The Kier molecular flexibility index (Phi) is 8.92. The molecule has 1 atom stereocenters. The third-order valence-electron chi connectivity index (χ3n) is 2.93. The number of rotatable bonds is 7. The van der Waals surface area contributed by atoms with E-state index < -0.39 is 5.82 Å². The van der Waals surface area contributed by atoms with Crippen molar-refractivity contribution < 1.29 is 13.9 Å². The van der Waals surface area contributed by atoms with E-state index in [-0.39, 0.29) is 29.9 Å². The first-order chi connectivity index (χ1) is 9.12. The van der Waals surface area contributed by atoms with Crippen molar-refractivity contribution in [2.75, 3.05) is 13.7 Å². The van der Waals surface area contributed by atoms with E-state index in [1.165, 1.54) is 25.3 Å². The van der Waals surface area contributed by atoms with Gasteiger partial charge in [-0.05, 0) is 24.6 Å². The fraction of sp³-hybridized carbons (Fsp3) is 0.500. The number of halogens is 2. The van der Waals surface area contributed by atoms with Crippen molar-refractivity contribution in [1.29, 1.82) is 0 Å². The van der Waals surface area contributed by atoms with Crippen LogP contribution < -0.4 is 15.8 Å². The van der Waals surface area contributed by atoms with E-state index in [9.17, 15) is 9.18 Å². The van der Waals surface area contributed by atoms with Crippen LogP contribution in [0.25, 0.3) is 0 Å². The maximum Gasteiger partial charge on any atom is 0.255 e. The van der Waals surface area contributed by atoms with Gasteiger partial charge >= 0.3 is 0 Å². The quantitative estimate of drug-likeness (QED) is 0.813. The Labute approximate surface area is 125 Å². The van der Waals surface area contributed by atoms with E-state index in [1.807, 2.05) is 0 Å². The van der Waals surface area contributed by atoms with Gasteiger partial charge in [-0.25, -0.2) is 4.39 Å². The SMILES string of the molecule is CCCCC(CN)NC(=O)c1cc(F)ccc1OC.Cl. The number of nitrogens with one attached hydrogen (secondary N) is 1. The summed E-state index contributed by atoms with van der Waals surface area (Å²) in [7, 11) is 1.45. The molecule has 1 amide bonds. The number of carbonyl (C=O) groups is 1. The van der Waals surface area contributed by atoms with Gasteiger partial charge in [0, 0.05) is 12.6 Å². The molecule has 0 aliphatic rings. The van der Waals surface area contributed by atoms with Gasteiger partial charge in [0.15, 0.2) is 0 Å². The average Bonchev–Trinajstić information content (AvgIpc) is 2.43. The second-order valence-electron chi connectivity index (χ2n) is 4.39. The summed E-state index contributed by atoms with van der Waals surface area (Å²) in [5, 5.41) is 2.81. The van der Waals surface area contributed by atoms with Crippen molar-refractivity contribution in [3.05, 3.63) is 29.6 Å². The molecule has 0 aromatic heterocycles. The van der Waals surface area contributed by atoms with Gasteiger partial charge < -0.3 is 15.8 Å². The molecule has 4 nitrogen and oxygen atoms in total. The number of hydrogen-bond donors (Lipinski definition) is 2. The maximum atomic E-state index is 13.2. The maximum absolute atomic E-state index is 13.2. The smallest absolute Gasteiger partial charge is 0.255 e. The highest BCUT2D eigenvalue weighted by molar-refractivity contribution is 5.97. The molecule has 0 fully saturated rings. The van der Waals surface area contributed by atoms with Crippen LogP contribution in [0.3, 0.4) is 0 Å². The predicted molar refractivity (Wildman–Crippen MR) is 80.0 cm³/mol. The van der Waals surface area contributed by atoms with E-state index in [0.717, 1.165) is 19.3 Å². The van der Waals surface area contributed by atoms with Crippen LogP contribution in [0.1, 0.15) is 36.5 Å². The molecule has 1 rings (SSSR count). The largest absolute Gasteiger partial charge is 0.496 e. The first kappa shape index (κ1) is 18.7. The molecule has 1 aromatic rings. The molecule has 0 spiro atoms. The summed E-state index contributed by atoms with van der Waals surface area (Å²) in [5.74, 6) is -0.475. The van der Waals surface area contributed by atoms with Crippen molar-refractivity contribution in [3.63, 3.8) is 0 Å². The Morgan fingerprint density at radius 1 is 1.50 bits per heavy atom. The summed E-state index contributed by atoms with van der Waals surface area (Å²) < 4.78 is 18.3. The first-order valence-electron chi connectivity index (χ1n) is 6.46. The number of unbranched alkanes of at least 4 members (excludes halogenated alkanes) is 1. The molecule has 20 heavy (non-hydrogen) atoms. The lowest BCUT2D eigenvalue weighted by molar-refractivity contribution is 0.0932. The molecule has 3 N–H and O–H groups in total. The Morgan fingerprint density at radius 2 is 2.20 bits per heavy atom. The summed E-state index contributed by atoms with van der Waals surface area (Å²) >= 11 is 0. The zero-order chi connectivity index (χ0) is 14.3. The molecule has 114 valence electrons.